The summed E-state index contributed by atoms with van der Waals surface area (Å²) in [5, 5.41) is 1.23. The standard InChI is InChI=1S/C37H47N3O3/c1-5-28-13-7-8-16-32(28)36-34(24-37(3,4)25-43-26-41)33-23-30(18-20-35(33)40(36)6-2)29-14-11-12-27(22-29)17-19-31(42)15-9-10-21-39-38/h7-8,11-14,16,18,20,22-23,26,39H,5-6,9-10,15,17,19,21,24-25,38H2,1-4H3. The monoisotopic (exact) mass is 581 g/mol. The summed E-state index contributed by atoms with van der Waals surface area (Å²) in [6, 6.07) is 24.0. The predicted octanol–water partition coefficient (Wildman–Crippen LogP) is 7.43. The Balaban J connectivity index is 1.74. The lowest BCUT2D eigenvalue weighted by atomic mass is 9.84. The molecule has 0 aliphatic heterocycles. The number of hydrazine groups is 1. The molecule has 0 fully saturated rings. The molecule has 0 spiro atoms. The van der Waals surface area contributed by atoms with Crippen LogP contribution in [-0.2, 0) is 40.1 Å². The SMILES string of the molecule is CCc1ccccc1-c1c(CC(C)(C)COC=O)c2cc(-c3cccc(CCC(=O)CCCCNN)c3)ccc2n1CC. The topological polar surface area (TPSA) is 86.3 Å². The molecule has 4 rings (SSSR count). The first-order valence-corrected chi connectivity index (χ1v) is 15.6. The Bertz CT molecular complexity index is 1540. The van der Waals surface area contributed by atoms with Crippen LogP contribution in [0.4, 0.5) is 0 Å². The van der Waals surface area contributed by atoms with Crippen molar-refractivity contribution < 1.29 is 14.3 Å². The van der Waals surface area contributed by atoms with E-state index in [2.05, 4.69) is 104 Å². The summed E-state index contributed by atoms with van der Waals surface area (Å²) >= 11 is 0. The van der Waals surface area contributed by atoms with Gasteiger partial charge < -0.3 is 9.30 Å². The van der Waals surface area contributed by atoms with Crippen LogP contribution in [0.15, 0.2) is 66.7 Å². The fourth-order valence-corrected chi connectivity index (χ4v) is 6.13. The van der Waals surface area contributed by atoms with Crippen molar-refractivity contribution in [3.05, 3.63) is 83.4 Å². The first-order chi connectivity index (χ1) is 20.8. The maximum Gasteiger partial charge on any atom is 0.293 e. The van der Waals surface area contributed by atoms with Gasteiger partial charge >= 0.3 is 0 Å². The minimum Gasteiger partial charge on any atom is -0.467 e. The summed E-state index contributed by atoms with van der Waals surface area (Å²) in [4.78, 5) is 23.5. The number of hydrogen-bond acceptors (Lipinski definition) is 5. The number of ether oxygens (including phenoxy) is 1. The normalized spacial score (nSPS) is 11.7. The molecule has 1 heterocycles. The van der Waals surface area contributed by atoms with Gasteiger partial charge in [-0.05, 0) is 79.0 Å². The highest BCUT2D eigenvalue weighted by atomic mass is 16.5. The molecule has 6 heteroatoms. The lowest BCUT2D eigenvalue weighted by Gasteiger charge is -2.24. The van der Waals surface area contributed by atoms with Crippen molar-refractivity contribution in [3.8, 4) is 22.4 Å². The van der Waals surface area contributed by atoms with E-state index in [0.29, 0.717) is 31.7 Å². The lowest BCUT2D eigenvalue weighted by molar-refractivity contribution is -0.131. The van der Waals surface area contributed by atoms with Gasteiger partial charge in [0.05, 0.1) is 12.3 Å². The molecule has 0 aliphatic rings. The summed E-state index contributed by atoms with van der Waals surface area (Å²) in [7, 11) is 0. The van der Waals surface area contributed by atoms with E-state index in [1.54, 1.807) is 0 Å². The Kier molecular flexibility index (Phi) is 11.3. The molecule has 0 saturated carbocycles. The molecular formula is C37H47N3O3. The van der Waals surface area contributed by atoms with Crippen LogP contribution in [0.2, 0.25) is 0 Å². The quantitative estimate of drug-likeness (QED) is 0.0586. The summed E-state index contributed by atoms with van der Waals surface area (Å²) < 4.78 is 7.70. The van der Waals surface area contributed by atoms with Crippen molar-refractivity contribution in [1.29, 1.82) is 0 Å². The number of carbonyl (C=O) groups excluding carboxylic acids is 2. The molecule has 6 nitrogen and oxygen atoms in total. The van der Waals surface area contributed by atoms with E-state index in [1.165, 1.54) is 38.9 Å². The number of fused-ring (bicyclic) bond motifs is 1. The van der Waals surface area contributed by atoms with Crippen LogP contribution in [0.3, 0.4) is 0 Å². The second kappa shape index (κ2) is 15.1. The summed E-state index contributed by atoms with van der Waals surface area (Å²) in [5.41, 5.74) is 12.2. The van der Waals surface area contributed by atoms with E-state index in [4.69, 9.17) is 10.6 Å². The van der Waals surface area contributed by atoms with Crippen molar-refractivity contribution >= 4 is 23.2 Å². The average molecular weight is 582 g/mol. The van der Waals surface area contributed by atoms with Crippen molar-refractivity contribution in [2.75, 3.05) is 13.2 Å². The van der Waals surface area contributed by atoms with Gasteiger partial charge in [-0.25, -0.2) is 0 Å². The Hall–Kier alpha value is -3.74. The van der Waals surface area contributed by atoms with Crippen LogP contribution in [-0.4, -0.2) is 30.0 Å². The molecule has 3 aromatic carbocycles. The number of carbonyl (C=O) groups is 2. The molecule has 0 atom stereocenters. The maximum absolute atomic E-state index is 12.4. The van der Waals surface area contributed by atoms with Gasteiger partial charge in [-0.1, -0.05) is 75.4 Å². The van der Waals surface area contributed by atoms with Crippen molar-refractivity contribution in [2.24, 2.45) is 11.3 Å². The van der Waals surface area contributed by atoms with E-state index in [0.717, 1.165) is 56.3 Å². The number of unbranched alkanes of at least 4 members (excludes halogenated alkanes) is 1. The van der Waals surface area contributed by atoms with Gasteiger partial charge in [0.25, 0.3) is 6.47 Å². The molecule has 0 unspecified atom stereocenters. The Morgan fingerprint density at radius 2 is 1.77 bits per heavy atom. The molecule has 0 amide bonds. The average Bonchev–Trinajstić information content (AvgIpc) is 3.32. The van der Waals surface area contributed by atoms with Crippen molar-refractivity contribution in [3.63, 3.8) is 0 Å². The van der Waals surface area contributed by atoms with Gasteiger partial charge in [-0.3, -0.25) is 20.9 Å². The number of ketones is 1. The number of benzene rings is 3. The minimum atomic E-state index is -0.243. The first kappa shape index (κ1) is 32.2. The van der Waals surface area contributed by atoms with Gasteiger partial charge in [0, 0.05) is 47.8 Å². The zero-order valence-corrected chi connectivity index (χ0v) is 26.2. The Morgan fingerprint density at radius 1 is 0.977 bits per heavy atom. The van der Waals surface area contributed by atoms with Gasteiger partial charge in [-0.15, -0.1) is 0 Å². The third-order valence-corrected chi connectivity index (χ3v) is 8.31. The number of aromatic nitrogens is 1. The highest BCUT2D eigenvalue weighted by Gasteiger charge is 2.27. The van der Waals surface area contributed by atoms with E-state index in [1.807, 2.05) is 0 Å². The van der Waals surface area contributed by atoms with Crippen LogP contribution >= 0.6 is 0 Å². The fraction of sp³-hybridized carbons (Fsp3) is 0.405. The van der Waals surface area contributed by atoms with Crippen LogP contribution in [0.25, 0.3) is 33.3 Å². The van der Waals surface area contributed by atoms with Gasteiger partial charge in [0.2, 0.25) is 0 Å². The van der Waals surface area contributed by atoms with Crippen LogP contribution in [0, 0.1) is 5.41 Å². The molecule has 3 N–H and O–H groups in total. The molecule has 0 bridgehead atoms. The van der Waals surface area contributed by atoms with E-state index in [-0.39, 0.29) is 5.41 Å². The second-order valence-corrected chi connectivity index (χ2v) is 12.2. The molecule has 228 valence electrons. The second-order valence-electron chi connectivity index (χ2n) is 12.2. The number of nitrogens with two attached hydrogens (primary N) is 1. The Labute approximate surface area is 256 Å². The summed E-state index contributed by atoms with van der Waals surface area (Å²) in [6.45, 7) is 11.2. The largest absolute Gasteiger partial charge is 0.467 e. The van der Waals surface area contributed by atoms with Gasteiger partial charge in [0.1, 0.15) is 5.78 Å². The highest BCUT2D eigenvalue weighted by molar-refractivity contribution is 5.95. The number of Topliss-reactive ketones (excluding diaryl/α,β-unsaturated/α-hetero) is 1. The molecule has 0 radical (unpaired) electrons. The fourth-order valence-electron chi connectivity index (χ4n) is 6.13. The number of nitrogens with zero attached hydrogens (tertiary/aromatic N) is 1. The molecular weight excluding hydrogens is 534 g/mol. The first-order valence-electron chi connectivity index (χ1n) is 15.6. The number of aryl methyl sites for hydroxylation is 3. The third kappa shape index (κ3) is 8.01. The zero-order valence-electron chi connectivity index (χ0n) is 26.2. The highest BCUT2D eigenvalue weighted by Crippen LogP contribution is 2.41. The molecule has 0 saturated heterocycles. The zero-order chi connectivity index (χ0) is 30.8. The predicted molar refractivity (Wildman–Crippen MR) is 177 cm³/mol. The van der Waals surface area contributed by atoms with Gasteiger partial charge in [-0.2, -0.15) is 0 Å². The van der Waals surface area contributed by atoms with Crippen molar-refractivity contribution in [1.82, 2.24) is 9.99 Å². The van der Waals surface area contributed by atoms with Crippen LogP contribution in [0.5, 0.6) is 0 Å². The van der Waals surface area contributed by atoms with Gasteiger partial charge in [0.15, 0.2) is 0 Å². The van der Waals surface area contributed by atoms with E-state index >= 15 is 0 Å². The van der Waals surface area contributed by atoms with E-state index in [9.17, 15) is 9.59 Å². The molecule has 1 aromatic heterocycles. The molecule has 0 aliphatic carbocycles. The number of nitrogens with one attached hydrogen (secondary N) is 1. The maximum atomic E-state index is 12.4. The van der Waals surface area contributed by atoms with E-state index < -0.39 is 0 Å². The van der Waals surface area contributed by atoms with Crippen molar-refractivity contribution in [2.45, 2.75) is 79.2 Å². The lowest BCUT2D eigenvalue weighted by Crippen LogP contribution is -2.22. The Morgan fingerprint density at radius 3 is 2.51 bits per heavy atom. The molecule has 4 aromatic rings. The van der Waals surface area contributed by atoms with Crippen LogP contribution < -0.4 is 11.3 Å². The summed E-state index contributed by atoms with van der Waals surface area (Å²) in [5.74, 6) is 5.63. The number of rotatable bonds is 17. The van der Waals surface area contributed by atoms with Crippen LogP contribution in [0.1, 0.15) is 70.1 Å². The molecule has 43 heavy (non-hydrogen) atoms. The number of hydrogen-bond donors (Lipinski definition) is 2. The minimum absolute atomic E-state index is 0.243. The summed E-state index contributed by atoms with van der Waals surface area (Å²) in [6.07, 6.45) is 5.40. The third-order valence-electron chi connectivity index (χ3n) is 8.31. The smallest absolute Gasteiger partial charge is 0.293 e.